The van der Waals surface area contributed by atoms with Crippen molar-refractivity contribution in [3.63, 3.8) is 0 Å². The third-order valence-corrected chi connectivity index (χ3v) is 3.95. The highest BCUT2D eigenvalue weighted by Gasteiger charge is 2.14. The fourth-order valence-corrected chi connectivity index (χ4v) is 2.86. The topological polar surface area (TPSA) is 73.6 Å². The Morgan fingerprint density at radius 2 is 2.24 bits per heavy atom. The molecule has 0 aliphatic carbocycles. The molecule has 1 aliphatic heterocycles. The van der Waals surface area contributed by atoms with Gasteiger partial charge in [-0.1, -0.05) is 17.8 Å². The molecule has 1 aliphatic rings. The molecule has 6 nitrogen and oxygen atoms in total. The van der Waals surface area contributed by atoms with Gasteiger partial charge in [0.15, 0.2) is 16.7 Å². The van der Waals surface area contributed by atoms with E-state index in [1.165, 1.54) is 11.8 Å². The second kappa shape index (κ2) is 5.69. The number of hydrogen-bond acceptors (Lipinski definition) is 5. The summed E-state index contributed by atoms with van der Waals surface area (Å²) in [6.45, 7) is 2.75. The van der Waals surface area contributed by atoms with Crippen LogP contribution in [0.5, 0.6) is 11.5 Å². The van der Waals surface area contributed by atoms with Gasteiger partial charge in [-0.25, -0.2) is 4.98 Å². The Hall–Kier alpha value is -2.15. The lowest BCUT2D eigenvalue weighted by Gasteiger charge is -2.07. The molecule has 0 saturated carbocycles. The van der Waals surface area contributed by atoms with Gasteiger partial charge in [0.25, 0.3) is 0 Å². The summed E-state index contributed by atoms with van der Waals surface area (Å²) in [4.78, 5) is 15.0. The Morgan fingerprint density at radius 1 is 1.43 bits per heavy atom. The van der Waals surface area contributed by atoms with Crippen molar-refractivity contribution in [3.05, 3.63) is 35.7 Å². The summed E-state index contributed by atoms with van der Waals surface area (Å²) in [7, 11) is 0. The maximum atomic E-state index is 10.7. The lowest BCUT2D eigenvalue weighted by Crippen LogP contribution is -2.03. The summed E-state index contributed by atoms with van der Waals surface area (Å²) < 4.78 is 12.6. The van der Waals surface area contributed by atoms with E-state index in [1.54, 1.807) is 0 Å². The lowest BCUT2D eigenvalue weighted by molar-refractivity contribution is -0.133. The van der Waals surface area contributed by atoms with Crippen molar-refractivity contribution in [2.75, 3.05) is 12.5 Å². The summed E-state index contributed by atoms with van der Waals surface area (Å²) >= 11 is 1.22. The van der Waals surface area contributed by atoms with E-state index in [0.717, 1.165) is 22.8 Å². The smallest absolute Gasteiger partial charge is 0.313 e. The quantitative estimate of drug-likeness (QED) is 0.853. The summed E-state index contributed by atoms with van der Waals surface area (Å²) in [5.74, 6) is 0.637. The zero-order valence-corrected chi connectivity index (χ0v) is 12.2. The van der Waals surface area contributed by atoms with E-state index in [4.69, 9.17) is 14.6 Å². The van der Waals surface area contributed by atoms with Crippen LogP contribution in [0.15, 0.2) is 29.6 Å². The van der Waals surface area contributed by atoms with Gasteiger partial charge in [-0.05, 0) is 24.6 Å². The molecule has 0 atom stereocenters. The normalized spacial score (nSPS) is 12.6. The van der Waals surface area contributed by atoms with E-state index in [1.807, 2.05) is 35.9 Å². The van der Waals surface area contributed by atoms with Crippen LogP contribution in [0.3, 0.4) is 0 Å². The number of carboxylic acid groups (broad SMARTS) is 1. The van der Waals surface area contributed by atoms with Gasteiger partial charge in [0.1, 0.15) is 0 Å². The highest BCUT2D eigenvalue weighted by Crippen LogP contribution is 2.33. The number of thioether (sulfide) groups is 1. The summed E-state index contributed by atoms with van der Waals surface area (Å²) in [6.07, 6.45) is 1.91. The summed E-state index contributed by atoms with van der Waals surface area (Å²) in [5, 5.41) is 9.48. The van der Waals surface area contributed by atoms with Gasteiger partial charge in [0.05, 0.1) is 11.4 Å². The van der Waals surface area contributed by atoms with Crippen LogP contribution in [0.1, 0.15) is 11.3 Å². The number of benzene rings is 1. The van der Waals surface area contributed by atoms with Crippen LogP contribution in [0.4, 0.5) is 0 Å². The number of carboxylic acids is 1. The average molecular weight is 306 g/mol. The summed E-state index contributed by atoms with van der Waals surface area (Å²) in [5.41, 5.74) is 1.91. The van der Waals surface area contributed by atoms with Gasteiger partial charge in [-0.2, -0.15) is 0 Å². The van der Waals surface area contributed by atoms with Gasteiger partial charge in [-0.3, -0.25) is 4.79 Å². The average Bonchev–Trinajstić information content (AvgIpc) is 3.02. The van der Waals surface area contributed by atoms with Crippen LogP contribution in [-0.4, -0.2) is 33.2 Å². The predicted molar refractivity (Wildman–Crippen MR) is 77.0 cm³/mol. The Labute approximate surface area is 125 Å². The standard InChI is InChI=1S/C14H14N2O4S/c1-9-5-16(14(15-9)21-7-13(17)18)6-10-2-3-11-12(4-10)20-8-19-11/h2-5H,6-8H2,1H3,(H,17,18). The maximum absolute atomic E-state index is 10.7. The van der Waals surface area contributed by atoms with Gasteiger partial charge >= 0.3 is 5.97 Å². The summed E-state index contributed by atoms with van der Waals surface area (Å²) in [6, 6.07) is 5.78. The first-order valence-corrected chi connectivity index (χ1v) is 7.37. The maximum Gasteiger partial charge on any atom is 0.313 e. The Kier molecular flexibility index (Phi) is 3.74. The van der Waals surface area contributed by atoms with Gasteiger partial charge in [0.2, 0.25) is 6.79 Å². The minimum atomic E-state index is -0.852. The fourth-order valence-electron chi connectivity index (χ4n) is 2.12. The zero-order valence-electron chi connectivity index (χ0n) is 11.4. The fraction of sp³-hybridized carbons (Fsp3) is 0.286. The molecule has 2 heterocycles. The van der Waals surface area contributed by atoms with Crippen molar-refractivity contribution in [1.29, 1.82) is 0 Å². The third-order valence-electron chi connectivity index (χ3n) is 2.98. The molecule has 0 radical (unpaired) electrons. The van der Waals surface area contributed by atoms with E-state index in [0.29, 0.717) is 11.7 Å². The van der Waals surface area contributed by atoms with E-state index < -0.39 is 5.97 Å². The molecular formula is C14H14N2O4S. The first-order valence-electron chi connectivity index (χ1n) is 6.39. The molecular weight excluding hydrogens is 292 g/mol. The molecule has 1 aromatic carbocycles. The first-order chi connectivity index (χ1) is 10.1. The van der Waals surface area contributed by atoms with E-state index in [-0.39, 0.29) is 12.5 Å². The SMILES string of the molecule is Cc1cn(Cc2ccc3c(c2)OCO3)c(SCC(=O)O)n1. The van der Waals surface area contributed by atoms with Crippen molar-refractivity contribution < 1.29 is 19.4 Å². The van der Waals surface area contributed by atoms with E-state index in [2.05, 4.69) is 4.98 Å². The van der Waals surface area contributed by atoms with Crippen molar-refractivity contribution in [2.24, 2.45) is 0 Å². The number of imidazole rings is 1. The molecule has 7 heteroatoms. The largest absolute Gasteiger partial charge is 0.481 e. The molecule has 1 N–H and O–H groups in total. The monoisotopic (exact) mass is 306 g/mol. The minimum absolute atomic E-state index is 0.00239. The van der Waals surface area contributed by atoms with Crippen molar-refractivity contribution in [2.45, 2.75) is 18.6 Å². The number of ether oxygens (including phenoxy) is 2. The van der Waals surface area contributed by atoms with E-state index in [9.17, 15) is 4.79 Å². The van der Waals surface area contributed by atoms with Crippen LogP contribution in [0.2, 0.25) is 0 Å². The second-order valence-corrected chi connectivity index (χ2v) is 5.61. The number of hydrogen-bond donors (Lipinski definition) is 1. The van der Waals surface area contributed by atoms with Crippen LogP contribution in [-0.2, 0) is 11.3 Å². The molecule has 0 fully saturated rings. The minimum Gasteiger partial charge on any atom is -0.481 e. The lowest BCUT2D eigenvalue weighted by atomic mass is 10.2. The van der Waals surface area contributed by atoms with Gasteiger partial charge in [-0.15, -0.1) is 0 Å². The van der Waals surface area contributed by atoms with Crippen LogP contribution in [0, 0.1) is 6.92 Å². The molecule has 0 unspecified atom stereocenters. The number of nitrogens with zero attached hydrogens (tertiary/aromatic N) is 2. The number of fused-ring (bicyclic) bond motifs is 1. The Morgan fingerprint density at radius 3 is 3.05 bits per heavy atom. The number of aliphatic carboxylic acids is 1. The molecule has 0 spiro atoms. The van der Waals surface area contributed by atoms with Gasteiger partial charge in [0, 0.05) is 12.7 Å². The number of carbonyl (C=O) groups is 1. The first kappa shape index (κ1) is 13.8. The van der Waals surface area contributed by atoms with Crippen LogP contribution < -0.4 is 9.47 Å². The molecule has 21 heavy (non-hydrogen) atoms. The van der Waals surface area contributed by atoms with Crippen molar-refractivity contribution >= 4 is 17.7 Å². The number of rotatable bonds is 5. The molecule has 0 bridgehead atoms. The molecule has 1 aromatic heterocycles. The molecule has 3 rings (SSSR count). The molecule has 0 amide bonds. The molecule has 0 saturated heterocycles. The van der Waals surface area contributed by atoms with Crippen LogP contribution in [0.25, 0.3) is 0 Å². The highest BCUT2D eigenvalue weighted by molar-refractivity contribution is 7.99. The predicted octanol–water partition coefficient (Wildman–Crippen LogP) is 2.15. The second-order valence-electron chi connectivity index (χ2n) is 4.66. The molecule has 2 aromatic rings. The number of aromatic nitrogens is 2. The molecule has 110 valence electrons. The Bertz CT molecular complexity index is 684. The third kappa shape index (κ3) is 3.13. The highest BCUT2D eigenvalue weighted by atomic mass is 32.2. The van der Waals surface area contributed by atoms with Crippen molar-refractivity contribution in [1.82, 2.24) is 9.55 Å². The van der Waals surface area contributed by atoms with E-state index >= 15 is 0 Å². The van der Waals surface area contributed by atoms with Crippen molar-refractivity contribution in [3.8, 4) is 11.5 Å². The number of aryl methyl sites for hydroxylation is 1. The van der Waals surface area contributed by atoms with Crippen LogP contribution >= 0.6 is 11.8 Å². The zero-order chi connectivity index (χ0) is 14.8. The Balaban J connectivity index is 1.79. The van der Waals surface area contributed by atoms with Gasteiger partial charge < -0.3 is 19.1 Å².